The third-order valence-electron chi connectivity index (χ3n) is 3.50. The molecular weight excluding hydrogens is 232 g/mol. The van der Waals surface area contributed by atoms with E-state index in [4.69, 9.17) is 4.74 Å². The summed E-state index contributed by atoms with van der Waals surface area (Å²) < 4.78 is 4.83. The molecule has 2 aliphatic carbocycles. The summed E-state index contributed by atoms with van der Waals surface area (Å²) in [5.41, 5.74) is 0. The second-order valence-corrected chi connectivity index (χ2v) is 4.92. The van der Waals surface area contributed by atoms with Gasteiger partial charge in [0.25, 0.3) is 0 Å². The van der Waals surface area contributed by atoms with Crippen molar-refractivity contribution in [3.63, 3.8) is 0 Å². The lowest BCUT2D eigenvalue weighted by Gasteiger charge is -2.27. The second kappa shape index (κ2) is 3.60. The van der Waals surface area contributed by atoms with Crippen molar-refractivity contribution in [2.45, 2.75) is 19.3 Å². The van der Waals surface area contributed by atoms with Crippen LogP contribution in [0, 0.1) is 23.7 Å². The van der Waals surface area contributed by atoms with Gasteiger partial charge in [0.05, 0.1) is 13.0 Å². The van der Waals surface area contributed by atoms with Gasteiger partial charge in [-0.15, -0.1) is 0 Å². The number of halogens is 1. The molecule has 4 unspecified atom stereocenters. The Kier molecular flexibility index (Phi) is 2.63. The fraction of sp³-hybridized carbons (Fsp3) is 0.900. The molecule has 3 heteroatoms. The molecule has 2 aliphatic rings. The molecule has 2 fully saturated rings. The molecule has 0 N–H and O–H groups in total. The largest absolute Gasteiger partial charge is 0.469 e. The Bertz CT molecular complexity index is 217. The number of fused-ring (bicyclic) bond motifs is 1. The van der Waals surface area contributed by atoms with E-state index in [0.29, 0.717) is 5.92 Å². The topological polar surface area (TPSA) is 26.3 Å². The smallest absolute Gasteiger partial charge is 0.308 e. The first kappa shape index (κ1) is 9.50. The molecule has 0 saturated heterocycles. The van der Waals surface area contributed by atoms with E-state index in [-0.39, 0.29) is 11.9 Å². The fourth-order valence-electron chi connectivity index (χ4n) is 2.57. The highest BCUT2D eigenvalue weighted by Gasteiger charge is 2.48. The standard InChI is InChI=1S/C10H15BrO2/c1-13-10(12)9-4-7-2-6(7)3-8(9)5-11/h6-9H,2-5H2,1H3. The third-order valence-corrected chi connectivity index (χ3v) is 4.33. The highest BCUT2D eigenvalue weighted by Crippen LogP contribution is 2.54. The predicted molar refractivity (Wildman–Crippen MR) is 53.6 cm³/mol. The van der Waals surface area contributed by atoms with Crippen molar-refractivity contribution >= 4 is 21.9 Å². The molecular formula is C10H15BrO2. The molecule has 0 radical (unpaired) electrons. The molecule has 0 heterocycles. The maximum absolute atomic E-state index is 11.5. The minimum absolute atomic E-state index is 0.00481. The first-order valence-corrected chi connectivity index (χ1v) is 6.02. The lowest BCUT2D eigenvalue weighted by Crippen LogP contribution is -2.30. The maximum Gasteiger partial charge on any atom is 0.308 e. The number of alkyl halides is 1. The average molecular weight is 247 g/mol. The van der Waals surface area contributed by atoms with Crippen LogP contribution in [0.15, 0.2) is 0 Å². The molecule has 74 valence electrons. The van der Waals surface area contributed by atoms with Gasteiger partial charge < -0.3 is 4.74 Å². The van der Waals surface area contributed by atoms with E-state index in [1.54, 1.807) is 0 Å². The summed E-state index contributed by atoms with van der Waals surface area (Å²) in [7, 11) is 1.49. The Morgan fingerprint density at radius 3 is 2.69 bits per heavy atom. The SMILES string of the molecule is COC(=O)C1CC2CC2CC1CBr. The van der Waals surface area contributed by atoms with Crippen LogP contribution in [0.5, 0.6) is 0 Å². The minimum Gasteiger partial charge on any atom is -0.469 e. The summed E-state index contributed by atoms with van der Waals surface area (Å²) in [5, 5.41) is 0.940. The van der Waals surface area contributed by atoms with E-state index in [9.17, 15) is 4.79 Å². The zero-order valence-electron chi connectivity index (χ0n) is 7.83. The second-order valence-electron chi connectivity index (χ2n) is 4.27. The number of methoxy groups -OCH3 is 1. The summed E-state index contributed by atoms with van der Waals surface area (Å²) in [6.45, 7) is 0. The van der Waals surface area contributed by atoms with Gasteiger partial charge in [0.2, 0.25) is 0 Å². The first-order valence-electron chi connectivity index (χ1n) is 4.90. The molecule has 0 bridgehead atoms. The Labute approximate surface area is 87.2 Å². The van der Waals surface area contributed by atoms with Crippen LogP contribution in [0.2, 0.25) is 0 Å². The lowest BCUT2D eigenvalue weighted by atomic mass is 9.80. The van der Waals surface area contributed by atoms with Crippen LogP contribution in [-0.2, 0) is 9.53 Å². The summed E-state index contributed by atoms with van der Waals surface area (Å²) in [5.74, 6) is 2.42. The van der Waals surface area contributed by atoms with E-state index in [1.807, 2.05) is 0 Å². The molecule has 2 saturated carbocycles. The lowest BCUT2D eigenvalue weighted by molar-refractivity contribution is -0.148. The summed E-state index contributed by atoms with van der Waals surface area (Å²) in [6, 6.07) is 0. The van der Waals surface area contributed by atoms with Crippen molar-refractivity contribution < 1.29 is 9.53 Å². The quantitative estimate of drug-likeness (QED) is 0.552. The average Bonchev–Trinajstić information content (AvgIpc) is 2.92. The number of hydrogen-bond donors (Lipinski definition) is 0. The van der Waals surface area contributed by atoms with Crippen LogP contribution in [-0.4, -0.2) is 18.4 Å². The number of rotatable bonds is 2. The van der Waals surface area contributed by atoms with Crippen LogP contribution in [0.3, 0.4) is 0 Å². The molecule has 4 atom stereocenters. The van der Waals surface area contributed by atoms with Crippen molar-refractivity contribution in [1.29, 1.82) is 0 Å². The number of esters is 1. The minimum atomic E-state index is -0.00481. The number of carbonyl (C=O) groups is 1. The van der Waals surface area contributed by atoms with Gasteiger partial charge in [-0.25, -0.2) is 0 Å². The Morgan fingerprint density at radius 2 is 2.08 bits per heavy atom. The molecule has 0 aromatic carbocycles. The number of hydrogen-bond acceptors (Lipinski definition) is 2. The van der Waals surface area contributed by atoms with Crippen LogP contribution < -0.4 is 0 Å². The Morgan fingerprint density at radius 1 is 1.38 bits per heavy atom. The zero-order valence-corrected chi connectivity index (χ0v) is 9.42. The van der Waals surface area contributed by atoms with E-state index >= 15 is 0 Å². The third kappa shape index (κ3) is 1.76. The summed E-state index contributed by atoms with van der Waals surface area (Å²) in [6.07, 6.45) is 3.63. The normalized spacial score (nSPS) is 42.3. The summed E-state index contributed by atoms with van der Waals surface area (Å²) in [4.78, 5) is 11.5. The Hall–Kier alpha value is -0.0500. The highest BCUT2D eigenvalue weighted by molar-refractivity contribution is 9.09. The van der Waals surface area contributed by atoms with Crippen LogP contribution in [0.1, 0.15) is 19.3 Å². The highest BCUT2D eigenvalue weighted by atomic mass is 79.9. The van der Waals surface area contributed by atoms with Gasteiger partial charge in [-0.3, -0.25) is 4.79 Å². The van der Waals surface area contributed by atoms with E-state index in [2.05, 4.69) is 15.9 Å². The van der Waals surface area contributed by atoms with Crippen LogP contribution >= 0.6 is 15.9 Å². The van der Waals surface area contributed by atoms with E-state index < -0.39 is 0 Å². The van der Waals surface area contributed by atoms with Gasteiger partial charge in [-0.1, -0.05) is 15.9 Å². The monoisotopic (exact) mass is 246 g/mol. The van der Waals surface area contributed by atoms with E-state index in [0.717, 1.165) is 23.6 Å². The van der Waals surface area contributed by atoms with Crippen molar-refractivity contribution in [1.82, 2.24) is 0 Å². The first-order chi connectivity index (χ1) is 6.26. The van der Waals surface area contributed by atoms with Crippen molar-refractivity contribution in [2.24, 2.45) is 23.7 Å². The van der Waals surface area contributed by atoms with Gasteiger partial charge in [-0.05, 0) is 37.0 Å². The fourth-order valence-corrected chi connectivity index (χ4v) is 3.29. The predicted octanol–water partition coefficient (Wildman–Crippen LogP) is 2.22. The Balaban J connectivity index is 2.01. The van der Waals surface area contributed by atoms with Gasteiger partial charge >= 0.3 is 5.97 Å². The summed E-state index contributed by atoms with van der Waals surface area (Å²) >= 11 is 3.49. The van der Waals surface area contributed by atoms with Crippen molar-refractivity contribution in [2.75, 3.05) is 12.4 Å². The van der Waals surface area contributed by atoms with Gasteiger partial charge in [0, 0.05) is 5.33 Å². The maximum atomic E-state index is 11.5. The van der Waals surface area contributed by atoms with E-state index in [1.165, 1.54) is 20.0 Å². The van der Waals surface area contributed by atoms with Crippen LogP contribution in [0.4, 0.5) is 0 Å². The van der Waals surface area contributed by atoms with Gasteiger partial charge in [0.15, 0.2) is 0 Å². The molecule has 0 aromatic rings. The molecule has 13 heavy (non-hydrogen) atoms. The molecule has 0 amide bonds. The van der Waals surface area contributed by atoms with Crippen LogP contribution in [0.25, 0.3) is 0 Å². The van der Waals surface area contributed by atoms with Gasteiger partial charge in [0.1, 0.15) is 0 Å². The van der Waals surface area contributed by atoms with Gasteiger partial charge in [-0.2, -0.15) is 0 Å². The van der Waals surface area contributed by atoms with Crippen molar-refractivity contribution in [3.8, 4) is 0 Å². The molecule has 0 aliphatic heterocycles. The zero-order chi connectivity index (χ0) is 9.42. The molecule has 0 spiro atoms. The molecule has 2 rings (SSSR count). The molecule has 0 aromatic heterocycles. The number of ether oxygens (including phenoxy) is 1. The number of carbonyl (C=O) groups excluding carboxylic acids is 1. The molecule has 2 nitrogen and oxygen atoms in total. The van der Waals surface area contributed by atoms with Crippen molar-refractivity contribution in [3.05, 3.63) is 0 Å².